The first-order valence-electron chi connectivity index (χ1n) is 6.86. The average molecular weight is 236 g/mol. The Morgan fingerprint density at radius 2 is 1.41 bits per heavy atom. The van der Waals surface area contributed by atoms with Crippen LogP contribution in [0.2, 0.25) is 0 Å². The quantitative estimate of drug-likeness (QED) is 0.551. The smallest absolute Gasteiger partial charge is 0.238 e. The van der Waals surface area contributed by atoms with Crippen molar-refractivity contribution in [2.75, 3.05) is 45.8 Å². The van der Waals surface area contributed by atoms with Crippen LogP contribution in [0.25, 0.3) is 0 Å². The van der Waals surface area contributed by atoms with Gasteiger partial charge in [0.25, 0.3) is 0 Å². The van der Waals surface area contributed by atoms with Crippen LogP contribution in [-0.2, 0) is 4.79 Å². The molecule has 1 amide bonds. The SMILES string of the molecule is O=C1CN2CCCN3CCN4CCCN1[C@@H]4[C@H]32. The van der Waals surface area contributed by atoms with Gasteiger partial charge in [-0.2, -0.15) is 0 Å². The van der Waals surface area contributed by atoms with Gasteiger partial charge in [0, 0.05) is 39.3 Å². The van der Waals surface area contributed by atoms with Gasteiger partial charge in [0.1, 0.15) is 6.17 Å². The molecule has 4 heterocycles. The molecule has 0 bridgehead atoms. The second kappa shape index (κ2) is 3.67. The van der Waals surface area contributed by atoms with Gasteiger partial charge in [0.05, 0.1) is 12.7 Å². The van der Waals surface area contributed by atoms with Crippen molar-refractivity contribution < 1.29 is 4.79 Å². The largest absolute Gasteiger partial charge is 0.323 e. The molecular formula is C12H20N4O. The molecule has 4 fully saturated rings. The van der Waals surface area contributed by atoms with Crippen LogP contribution >= 0.6 is 0 Å². The van der Waals surface area contributed by atoms with E-state index in [0.717, 1.165) is 26.1 Å². The fourth-order valence-electron chi connectivity index (χ4n) is 4.06. The minimum atomic E-state index is 0.346. The maximum atomic E-state index is 12.2. The zero-order valence-electron chi connectivity index (χ0n) is 10.2. The van der Waals surface area contributed by atoms with Crippen molar-refractivity contribution in [3.8, 4) is 0 Å². The van der Waals surface area contributed by atoms with Crippen LogP contribution in [-0.4, -0.2) is 83.7 Å². The van der Waals surface area contributed by atoms with E-state index in [1.54, 1.807) is 0 Å². The molecule has 0 aromatic rings. The number of carbonyl (C=O) groups is 1. The van der Waals surface area contributed by atoms with E-state index >= 15 is 0 Å². The highest BCUT2D eigenvalue weighted by atomic mass is 16.2. The van der Waals surface area contributed by atoms with Crippen LogP contribution in [0.5, 0.6) is 0 Å². The predicted octanol–water partition coefficient (Wildman–Crippen LogP) is -0.792. The lowest BCUT2D eigenvalue weighted by atomic mass is 10.0. The molecule has 5 heteroatoms. The lowest BCUT2D eigenvalue weighted by Crippen LogP contribution is -2.78. The molecule has 17 heavy (non-hydrogen) atoms. The molecule has 0 spiro atoms. The minimum Gasteiger partial charge on any atom is -0.323 e. The summed E-state index contributed by atoms with van der Waals surface area (Å²) in [6, 6.07) is 0. The monoisotopic (exact) mass is 236 g/mol. The molecule has 4 aliphatic rings. The van der Waals surface area contributed by atoms with Gasteiger partial charge < -0.3 is 4.90 Å². The number of piperazine rings is 2. The maximum absolute atomic E-state index is 12.2. The Hall–Kier alpha value is -0.650. The van der Waals surface area contributed by atoms with Crippen molar-refractivity contribution in [1.29, 1.82) is 0 Å². The summed E-state index contributed by atoms with van der Waals surface area (Å²) >= 11 is 0. The van der Waals surface area contributed by atoms with E-state index in [4.69, 9.17) is 0 Å². The lowest BCUT2D eigenvalue weighted by Gasteiger charge is -2.61. The summed E-state index contributed by atoms with van der Waals surface area (Å²) in [6.45, 7) is 7.42. The highest BCUT2D eigenvalue weighted by Gasteiger charge is 2.50. The zero-order chi connectivity index (χ0) is 11.4. The molecule has 0 aromatic heterocycles. The summed E-state index contributed by atoms with van der Waals surface area (Å²) in [5.41, 5.74) is 0. The number of rotatable bonds is 0. The Bertz CT molecular complexity index is 347. The standard InChI is InChI=1S/C12H20N4O/c17-10-9-15-5-1-3-13-7-8-14-4-2-6-16(10)12(14)11(13)15/h11-12H,1-9H2/t11-,12-/m1/s1. The maximum Gasteiger partial charge on any atom is 0.238 e. The first-order chi connectivity index (χ1) is 8.34. The Morgan fingerprint density at radius 3 is 2.24 bits per heavy atom. The fourth-order valence-corrected chi connectivity index (χ4v) is 4.06. The van der Waals surface area contributed by atoms with Crippen molar-refractivity contribution in [1.82, 2.24) is 19.6 Å². The molecule has 94 valence electrons. The van der Waals surface area contributed by atoms with Crippen molar-refractivity contribution in [3.05, 3.63) is 0 Å². The van der Waals surface area contributed by atoms with Crippen molar-refractivity contribution in [3.63, 3.8) is 0 Å². The third kappa shape index (κ3) is 1.39. The van der Waals surface area contributed by atoms with Crippen LogP contribution in [0.15, 0.2) is 0 Å². The normalized spacial score (nSPS) is 39.3. The van der Waals surface area contributed by atoms with Crippen LogP contribution < -0.4 is 0 Å². The topological polar surface area (TPSA) is 30.0 Å². The van der Waals surface area contributed by atoms with Crippen LogP contribution in [0.3, 0.4) is 0 Å². The third-order valence-electron chi connectivity index (χ3n) is 4.78. The summed E-state index contributed by atoms with van der Waals surface area (Å²) < 4.78 is 0. The number of carbonyl (C=O) groups excluding carboxylic acids is 1. The van der Waals surface area contributed by atoms with E-state index in [0.29, 0.717) is 24.8 Å². The lowest BCUT2D eigenvalue weighted by molar-refractivity contribution is -0.192. The molecule has 0 radical (unpaired) electrons. The number of hydrogen-bond acceptors (Lipinski definition) is 4. The van der Waals surface area contributed by atoms with Crippen LogP contribution in [0.4, 0.5) is 0 Å². The Labute approximate surface area is 102 Å². The molecule has 0 saturated carbocycles. The molecule has 0 aromatic carbocycles. The van der Waals surface area contributed by atoms with Crippen molar-refractivity contribution in [2.24, 2.45) is 0 Å². The molecule has 4 saturated heterocycles. The number of amides is 1. The molecule has 0 N–H and O–H groups in total. The van der Waals surface area contributed by atoms with Gasteiger partial charge in [-0.1, -0.05) is 0 Å². The first-order valence-corrected chi connectivity index (χ1v) is 6.86. The van der Waals surface area contributed by atoms with E-state index in [1.807, 2.05) is 0 Å². The minimum absolute atomic E-state index is 0.346. The molecule has 0 unspecified atom stereocenters. The number of hydrogen-bond donors (Lipinski definition) is 0. The second-order valence-corrected chi connectivity index (χ2v) is 5.66. The van der Waals surface area contributed by atoms with Crippen molar-refractivity contribution in [2.45, 2.75) is 25.2 Å². The van der Waals surface area contributed by atoms with Gasteiger partial charge in [-0.15, -0.1) is 0 Å². The van der Waals surface area contributed by atoms with Gasteiger partial charge in [0.2, 0.25) is 5.91 Å². The van der Waals surface area contributed by atoms with Gasteiger partial charge in [-0.05, 0) is 12.8 Å². The second-order valence-electron chi connectivity index (χ2n) is 5.66. The fraction of sp³-hybridized carbons (Fsp3) is 0.917. The Balaban J connectivity index is 1.72. The molecular weight excluding hydrogens is 216 g/mol. The van der Waals surface area contributed by atoms with E-state index in [1.165, 1.54) is 26.1 Å². The first kappa shape index (κ1) is 10.3. The van der Waals surface area contributed by atoms with E-state index in [2.05, 4.69) is 19.6 Å². The van der Waals surface area contributed by atoms with Gasteiger partial charge >= 0.3 is 0 Å². The molecule has 2 atom stereocenters. The van der Waals surface area contributed by atoms with Gasteiger partial charge in [-0.25, -0.2) is 0 Å². The van der Waals surface area contributed by atoms with E-state index in [-0.39, 0.29) is 0 Å². The van der Waals surface area contributed by atoms with Crippen LogP contribution in [0, 0.1) is 0 Å². The molecule has 4 rings (SSSR count). The highest BCUT2D eigenvalue weighted by molar-refractivity contribution is 5.79. The highest BCUT2D eigenvalue weighted by Crippen LogP contribution is 2.32. The Morgan fingerprint density at radius 1 is 0.765 bits per heavy atom. The van der Waals surface area contributed by atoms with Crippen LogP contribution in [0.1, 0.15) is 12.8 Å². The summed E-state index contributed by atoms with van der Waals surface area (Å²) in [5.74, 6) is 0.347. The van der Waals surface area contributed by atoms with Crippen molar-refractivity contribution >= 4 is 5.91 Å². The summed E-state index contributed by atoms with van der Waals surface area (Å²) in [7, 11) is 0. The number of nitrogens with zero attached hydrogens (tertiary/aromatic N) is 4. The molecule has 5 nitrogen and oxygen atoms in total. The average Bonchev–Trinajstić information content (AvgIpc) is 2.37. The molecule has 4 aliphatic heterocycles. The predicted molar refractivity (Wildman–Crippen MR) is 63.2 cm³/mol. The van der Waals surface area contributed by atoms with Gasteiger partial charge in [0.15, 0.2) is 0 Å². The Kier molecular flexibility index (Phi) is 2.22. The summed E-state index contributed by atoms with van der Waals surface area (Å²) in [4.78, 5) is 21.9. The van der Waals surface area contributed by atoms with E-state index in [9.17, 15) is 4.79 Å². The summed E-state index contributed by atoms with van der Waals surface area (Å²) in [6.07, 6.45) is 3.19. The van der Waals surface area contributed by atoms with E-state index < -0.39 is 0 Å². The molecule has 0 aliphatic carbocycles. The zero-order valence-corrected chi connectivity index (χ0v) is 10.2. The third-order valence-corrected chi connectivity index (χ3v) is 4.78. The summed E-state index contributed by atoms with van der Waals surface area (Å²) in [5, 5.41) is 0. The van der Waals surface area contributed by atoms with Gasteiger partial charge in [-0.3, -0.25) is 19.5 Å².